The van der Waals surface area contributed by atoms with Crippen LogP contribution in [0.3, 0.4) is 0 Å². The van der Waals surface area contributed by atoms with Crippen molar-refractivity contribution in [1.29, 1.82) is 0 Å². The smallest absolute Gasteiger partial charge is 0.259 e. The molecule has 3 nitrogen and oxygen atoms in total. The van der Waals surface area contributed by atoms with E-state index in [1.807, 2.05) is 0 Å². The number of hydrogen-bond donors (Lipinski definition) is 1. The van der Waals surface area contributed by atoms with Crippen LogP contribution in [0.5, 0.6) is 0 Å². The first-order chi connectivity index (χ1) is 5.66. The van der Waals surface area contributed by atoms with Crippen molar-refractivity contribution >= 4 is 17.4 Å². The van der Waals surface area contributed by atoms with Gasteiger partial charge in [-0.15, -0.1) is 11.6 Å². The molecule has 0 radical (unpaired) electrons. The molecule has 12 heavy (non-hydrogen) atoms. The van der Waals surface area contributed by atoms with Crippen LogP contribution >= 0.6 is 11.6 Å². The summed E-state index contributed by atoms with van der Waals surface area (Å²) in [5.74, 6) is -0.0775. The third-order valence-electron chi connectivity index (χ3n) is 1.54. The number of nitrogens with one attached hydrogen (secondary N) is 1. The van der Waals surface area contributed by atoms with Crippen LogP contribution in [0.15, 0.2) is 17.1 Å². The number of aromatic amines is 1. The van der Waals surface area contributed by atoms with Crippen molar-refractivity contribution in [1.82, 2.24) is 4.98 Å². The van der Waals surface area contributed by atoms with Gasteiger partial charge in [0.2, 0.25) is 0 Å². The Hall–Kier alpha value is -1.09. The fourth-order valence-corrected chi connectivity index (χ4v) is 1.24. The summed E-state index contributed by atoms with van der Waals surface area (Å²) in [5.41, 5.74) is 0.362. The summed E-state index contributed by atoms with van der Waals surface area (Å²) in [7, 11) is 0. The molecule has 4 heteroatoms. The Morgan fingerprint density at radius 1 is 1.67 bits per heavy atom. The van der Waals surface area contributed by atoms with Gasteiger partial charge in [0.15, 0.2) is 5.78 Å². The number of Topliss-reactive ketones (excluding diaryl/α,β-unsaturated/α-hetero) is 1. The SMILES string of the molecule is CC(=O)c1c(CCl)cc[nH]c1=O. The number of ketones is 1. The first-order valence-corrected chi connectivity index (χ1v) is 3.97. The number of pyridine rings is 1. The van der Waals surface area contributed by atoms with E-state index in [1.165, 1.54) is 13.1 Å². The maximum absolute atomic E-state index is 11.1. The van der Waals surface area contributed by atoms with Crippen molar-refractivity contribution in [3.8, 4) is 0 Å². The molecule has 0 aliphatic heterocycles. The number of rotatable bonds is 2. The van der Waals surface area contributed by atoms with Crippen LogP contribution in [-0.2, 0) is 5.88 Å². The van der Waals surface area contributed by atoms with Crippen molar-refractivity contribution in [3.05, 3.63) is 33.7 Å². The predicted octanol–water partition coefficient (Wildman–Crippen LogP) is 1.32. The molecule has 0 amide bonds. The van der Waals surface area contributed by atoms with Gasteiger partial charge in [0, 0.05) is 12.1 Å². The number of aromatic nitrogens is 1. The summed E-state index contributed by atoms with van der Waals surface area (Å²) in [6, 6.07) is 1.63. The fourth-order valence-electron chi connectivity index (χ4n) is 1.02. The van der Waals surface area contributed by atoms with E-state index in [0.717, 1.165) is 0 Å². The number of carbonyl (C=O) groups is 1. The number of carbonyl (C=O) groups excluding carboxylic acids is 1. The molecule has 0 fully saturated rings. The van der Waals surface area contributed by atoms with Gasteiger partial charge in [-0.2, -0.15) is 0 Å². The molecule has 0 saturated heterocycles. The Morgan fingerprint density at radius 3 is 2.75 bits per heavy atom. The van der Waals surface area contributed by atoms with Gasteiger partial charge < -0.3 is 4.98 Å². The highest BCUT2D eigenvalue weighted by Crippen LogP contribution is 2.06. The standard InChI is InChI=1S/C8H8ClNO2/c1-5(11)7-6(4-9)2-3-10-8(7)12/h2-3H,4H2,1H3,(H,10,12). The van der Waals surface area contributed by atoms with Crippen LogP contribution in [0.1, 0.15) is 22.8 Å². The lowest BCUT2D eigenvalue weighted by Crippen LogP contribution is -2.17. The molecule has 1 rings (SSSR count). The summed E-state index contributed by atoms with van der Waals surface area (Å²) >= 11 is 5.54. The summed E-state index contributed by atoms with van der Waals surface area (Å²) in [6.07, 6.45) is 1.48. The lowest BCUT2D eigenvalue weighted by molar-refractivity contribution is 0.101. The Morgan fingerprint density at radius 2 is 2.33 bits per heavy atom. The van der Waals surface area contributed by atoms with E-state index < -0.39 is 0 Å². The van der Waals surface area contributed by atoms with Crippen LogP contribution < -0.4 is 5.56 Å². The molecule has 0 unspecified atom stereocenters. The van der Waals surface area contributed by atoms with E-state index in [1.54, 1.807) is 6.07 Å². The van der Waals surface area contributed by atoms with Gasteiger partial charge in [-0.3, -0.25) is 9.59 Å². The Kier molecular flexibility index (Phi) is 2.65. The van der Waals surface area contributed by atoms with E-state index >= 15 is 0 Å². The third-order valence-corrected chi connectivity index (χ3v) is 1.83. The lowest BCUT2D eigenvalue weighted by atomic mass is 10.1. The maximum Gasteiger partial charge on any atom is 0.259 e. The van der Waals surface area contributed by atoms with Crippen molar-refractivity contribution < 1.29 is 4.79 Å². The Labute approximate surface area is 74.4 Å². The van der Waals surface area contributed by atoms with Crippen molar-refractivity contribution in [2.24, 2.45) is 0 Å². The first kappa shape index (κ1) is 9.00. The van der Waals surface area contributed by atoms with Gasteiger partial charge >= 0.3 is 0 Å². The van der Waals surface area contributed by atoms with E-state index in [4.69, 9.17) is 11.6 Å². The van der Waals surface area contributed by atoms with E-state index in [-0.39, 0.29) is 22.8 Å². The zero-order chi connectivity index (χ0) is 9.14. The molecule has 64 valence electrons. The number of hydrogen-bond acceptors (Lipinski definition) is 2. The molecule has 0 aromatic carbocycles. The molecule has 1 aromatic rings. The lowest BCUT2D eigenvalue weighted by Gasteiger charge is -1.99. The van der Waals surface area contributed by atoms with Crippen LogP contribution in [-0.4, -0.2) is 10.8 Å². The van der Waals surface area contributed by atoms with Crippen molar-refractivity contribution in [2.75, 3.05) is 0 Å². The largest absolute Gasteiger partial charge is 0.328 e. The van der Waals surface area contributed by atoms with Gasteiger partial charge in [0.05, 0.1) is 5.56 Å². The highest BCUT2D eigenvalue weighted by atomic mass is 35.5. The molecule has 0 bridgehead atoms. The Balaban J connectivity index is 3.40. The predicted molar refractivity (Wildman–Crippen MR) is 46.6 cm³/mol. The minimum atomic E-state index is -0.374. The van der Waals surface area contributed by atoms with Crippen molar-refractivity contribution in [2.45, 2.75) is 12.8 Å². The molecule has 1 heterocycles. The maximum atomic E-state index is 11.1. The monoisotopic (exact) mass is 185 g/mol. The number of H-pyrrole nitrogens is 1. The van der Waals surface area contributed by atoms with Crippen molar-refractivity contribution in [3.63, 3.8) is 0 Å². The zero-order valence-electron chi connectivity index (χ0n) is 6.56. The number of alkyl halides is 1. The highest BCUT2D eigenvalue weighted by Gasteiger charge is 2.09. The molecule has 0 aliphatic rings. The molecule has 1 aromatic heterocycles. The van der Waals surface area contributed by atoms with Gasteiger partial charge in [0.25, 0.3) is 5.56 Å². The van der Waals surface area contributed by atoms with E-state index in [9.17, 15) is 9.59 Å². The first-order valence-electron chi connectivity index (χ1n) is 3.44. The van der Waals surface area contributed by atoms with Crippen LogP contribution in [0.2, 0.25) is 0 Å². The second-order valence-electron chi connectivity index (χ2n) is 2.40. The second-order valence-corrected chi connectivity index (χ2v) is 2.66. The molecule has 1 N–H and O–H groups in total. The Bertz CT molecular complexity index is 356. The number of halogens is 1. The molecule has 0 spiro atoms. The van der Waals surface area contributed by atoms with E-state index in [2.05, 4.69) is 4.98 Å². The molecular weight excluding hydrogens is 178 g/mol. The van der Waals surface area contributed by atoms with Crippen LogP contribution in [0.25, 0.3) is 0 Å². The quantitative estimate of drug-likeness (QED) is 0.558. The summed E-state index contributed by atoms with van der Waals surface area (Å²) < 4.78 is 0. The highest BCUT2D eigenvalue weighted by molar-refractivity contribution is 6.17. The molecule has 0 saturated carbocycles. The minimum Gasteiger partial charge on any atom is -0.328 e. The summed E-state index contributed by atoms with van der Waals surface area (Å²) in [6.45, 7) is 1.35. The summed E-state index contributed by atoms with van der Waals surface area (Å²) in [5, 5.41) is 0. The third kappa shape index (κ3) is 1.56. The second kappa shape index (κ2) is 3.54. The molecule has 0 aliphatic carbocycles. The van der Waals surface area contributed by atoms with Crippen LogP contribution in [0, 0.1) is 0 Å². The normalized spacial score (nSPS) is 9.83. The average molecular weight is 186 g/mol. The topological polar surface area (TPSA) is 49.9 Å². The van der Waals surface area contributed by atoms with Gasteiger partial charge in [-0.1, -0.05) is 0 Å². The van der Waals surface area contributed by atoms with Gasteiger partial charge in [0.1, 0.15) is 0 Å². The molecule has 0 atom stereocenters. The fraction of sp³-hybridized carbons (Fsp3) is 0.250. The summed E-state index contributed by atoms with van der Waals surface area (Å²) in [4.78, 5) is 24.5. The zero-order valence-corrected chi connectivity index (χ0v) is 7.31. The average Bonchev–Trinajstić information content (AvgIpc) is 2.03. The van der Waals surface area contributed by atoms with E-state index in [0.29, 0.717) is 5.56 Å². The minimum absolute atomic E-state index is 0.160. The van der Waals surface area contributed by atoms with Gasteiger partial charge in [-0.25, -0.2) is 0 Å². The molecular formula is C8H8ClNO2. The van der Waals surface area contributed by atoms with Crippen LogP contribution in [0.4, 0.5) is 0 Å². The van der Waals surface area contributed by atoms with Gasteiger partial charge in [-0.05, 0) is 18.6 Å².